The topological polar surface area (TPSA) is 26.0 Å². The minimum atomic E-state index is 0. The van der Waals surface area contributed by atoms with Gasteiger partial charge in [-0.3, -0.25) is 0 Å². The molecule has 12 heavy (non-hydrogen) atoms. The first kappa shape index (κ1) is 18.3. The normalized spacial score (nSPS) is 10.0. The van der Waals surface area contributed by atoms with Crippen LogP contribution < -0.4 is 18.1 Å². The third-order valence-corrected chi connectivity index (χ3v) is 2.62. The van der Waals surface area contributed by atoms with Crippen molar-refractivity contribution in [2.24, 2.45) is 5.73 Å². The van der Waals surface area contributed by atoms with E-state index < -0.39 is 0 Å². The van der Waals surface area contributed by atoms with E-state index in [-0.39, 0.29) is 24.8 Å². The van der Waals surface area contributed by atoms with Gasteiger partial charge < -0.3 is 22.6 Å². The molecule has 0 aliphatic rings. The van der Waals surface area contributed by atoms with Gasteiger partial charge in [-0.25, -0.2) is 0 Å². The maximum absolute atomic E-state index is 5.53. The van der Waals surface area contributed by atoms with Gasteiger partial charge in [0.25, 0.3) is 0 Å². The van der Waals surface area contributed by atoms with E-state index >= 15 is 0 Å². The first-order valence-electron chi connectivity index (χ1n) is 4.29. The summed E-state index contributed by atoms with van der Waals surface area (Å²) in [4.78, 5) is 0. The second-order valence-electron chi connectivity index (χ2n) is 2.80. The van der Waals surface area contributed by atoms with Crippen LogP contribution in [0.5, 0.6) is 0 Å². The van der Waals surface area contributed by atoms with Gasteiger partial charge in [-0.15, -0.1) is 12.4 Å². The highest BCUT2D eigenvalue weighted by molar-refractivity contribution is 5.85. The lowest BCUT2D eigenvalue weighted by Crippen LogP contribution is -3.00. The summed E-state index contributed by atoms with van der Waals surface area (Å²) in [6.07, 6.45) is 0. The fourth-order valence-electron chi connectivity index (χ4n) is 1.42. The van der Waals surface area contributed by atoms with Crippen molar-refractivity contribution in [1.29, 1.82) is 0 Å². The van der Waals surface area contributed by atoms with Gasteiger partial charge in [-0.2, -0.15) is 0 Å². The van der Waals surface area contributed by atoms with Gasteiger partial charge in [0, 0.05) is 6.54 Å². The number of nitrogens with two attached hydrogens (primary N) is 1. The van der Waals surface area contributed by atoms with Crippen LogP contribution in [0.1, 0.15) is 20.8 Å². The van der Waals surface area contributed by atoms with Crippen LogP contribution in [0.25, 0.3) is 0 Å². The minimum Gasteiger partial charge on any atom is -1.00 e. The third kappa shape index (κ3) is 5.20. The van der Waals surface area contributed by atoms with Crippen molar-refractivity contribution in [3.8, 4) is 0 Å². The highest BCUT2D eigenvalue weighted by Crippen LogP contribution is 2.03. The van der Waals surface area contributed by atoms with Crippen LogP contribution in [-0.4, -0.2) is 37.2 Å². The molecule has 0 aromatic heterocycles. The van der Waals surface area contributed by atoms with Gasteiger partial charge in [0.05, 0.1) is 26.2 Å². The summed E-state index contributed by atoms with van der Waals surface area (Å²) in [5.74, 6) is 0. The first-order chi connectivity index (χ1) is 4.74. The van der Waals surface area contributed by atoms with E-state index in [0.29, 0.717) is 0 Å². The highest BCUT2D eigenvalue weighted by atomic mass is 35.5. The predicted octanol–water partition coefficient (Wildman–Crippen LogP) is -1.75. The van der Waals surface area contributed by atoms with Crippen molar-refractivity contribution in [1.82, 2.24) is 0 Å². The van der Waals surface area contributed by atoms with Crippen molar-refractivity contribution >= 4 is 12.4 Å². The Hall–Kier alpha value is 0.500. The zero-order valence-corrected chi connectivity index (χ0v) is 9.92. The largest absolute Gasteiger partial charge is 1.00 e. The number of hydrogen-bond donors (Lipinski definition) is 1. The van der Waals surface area contributed by atoms with Gasteiger partial charge in [-0.1, -0.05) is 0 Å². The van der Waals surface area contributed by atoms with Gasteiger partial charge >= 0.3 is 0 Å². The molecule has 0 atom stereocenters. The molecule has 78 valence electrons. The average Bonchev–Trinajstić information content (AvgIpc) is 2.01. The van der Waals surface area contributed by atoms with Crippen LogP contribution in [0.15, 0.2) is 0 Å². The number of nitrogens with zero attached hydrogens (tertiary/aromatic N) is 1. The van der Waals surface area contributed by atoms with Gasteiger partial charge in [0.15, 0.2) is 0 Å². The molecule has 0 saturated heterocycles. The molecule has 0 fully saturated rings. The average molecular weight is 217 g/mol. The summed E-state index contributed by atoms with van der Waals surface area (Å²) in [6, 6.07) is 0. The maximum Gasteiger partial charge on any atom is 0.0911 e. The molecule has 0 heterocycles. The molecule has 0 unspecified atom stereocenters. The summed E-state index contributed by atoms with van der Waals surface area (Å²) in [6.45, 7) is 12.3. The quantitative estimate of drug-likeness (QED) is 0.543. The van der Waals surface area contributed by atoms with E-state index in [1.54, 1.807) is 0 Å². The monoisotopic (exact) mass is 216 g/mol. The van der Waals surface area contributed by atoms with Crippen molar-refractivity contribution < 1.29 is 16.9 Å². The van der Waals surface area contributed by atoms with Crippen LogP contribution in [0, 0.1) is 0 Å². The molecule has 0 aliphatic heterocycles. The van der Waals surface area contributed by atoms with E-state index in [1.807, 2.05) is 0 Å². The third-order valence-electron chi connectivity index (χ3n) is 2.62. The van der Waals surface area contributed by atoms with Crippen molar-refractivity contribution in [3.05, 3.63) is 0 Å². The molecule has 0 bridgehead atoms. The number of quaternary nitrogens is 1. The van der Waals surface area contributed by atoms with E-state index in [1.165, 1.54) is 24.1 Å². The summed E-state index contributed by atoms with van der Waals surface area (Å²) in [7, 11) is 0. The first-order valence-corrected chi connectivity index (χ1v) is 4.29. The summed E-state index contributed by atoms with van der Waals surface area (Å²) in [5.41, 5.74) is 5.53. The Morgan fingerprint density at radius 2 is 1.33 bits per heavy atom. The molecule has 2 nitrogen and oxygen atoms in total. The van der Waals surface area contributed by atoms with E-state index in [4.69, 9.17) is 5.73 Å². The van der Waals surface area contributed by atoms with Crippen LogP contribution in [0.4, 0.5) is 0 Å². The predicted molar refractivity (Wildman–Crippen MR) is 53.1 cm³/mol. The second-order valence-corrected chi connectivity index (χ2v) is 2.80. The SMILES string of the molecule is CC[N+](CC)(CC)CCN.Cl.[Cl-]. The van der Waals surface area contributed by atoms with Crippen LogP contribution in [-0.2, 0) is 0 Å². The molecule has 0 rings (SSSR count). The zero-order chi connectivity index (χ0) is 8.04. The smallest absolute Gasteiger partial charge is 0.0911 e. The standard InChI is InChI=1S/C8H21N2.2ClH/c1-4-10(5-2,6-3)8-7-9;;/h4-9H2,1-3H3;2*1H/q+1;;/p-1. The molecule has 0 aliphatic carbocycles. The molecule has 0 aromatic rings. The van der Waals surface area contributed by atoms with E-state index in [0.717, 1.165) is 13.1 Å². The van der Waals surface area contributed by atoms with Crippen molar-refractivity contribution in [2.75, 3.05) is 32.7 Å². The number of halogens is 2. The van der Waals surface area contributed by atoms with E-state index in [2.05, 4.69) is 20.8 Å². The van der Waals surface area contributed by atoms with Crippen LogP contribution >= 0.6 is 12.4 Å². The lowest BCUT2D eigenvalue weighted by molar-refractivity contribution is -0.921. The molecule has 4 heteroatoms. The van der Waals surface area contributed by atoms with Crippen molar-refractivity contribution in [2.45, 2.75) is 20.8 Å². The summed E-state index contributed by atoms with van der Waals surface area (Å²) in [5, 5.41) is 0. The lowest BCUT2D eigenvalue weighted by atomic mass is 10.3. The van der Waals surface area contributed by atoms with Gasteiger partial charge in [-0.05, 0) is 20.8 Å². The molecule has 0 saturated carbocycles. The summed E-state index contributed by atoms with van der Waals surface area (Å²) >= 11 is 0. The molecular formula is C8H22Cl2N2. The van der Waals surface area contributed by atoms with Crippen molar-refractivity contribution in [3.63, 3.8) is 0 Å². The molecule has 0 radical (unpaired) electrons. The number of hydrogen-bond acceptors (Lipinski definition) is 1. The Balaban J connectivity index is -0.000000405. The molecule has 0 aromatic carbocycles. The van der Waals surface area contributed by atoms with Gasteiger partial charge in [0.2, 0.25) is 0 Å². The second kappa shape index (κ2) is 9.59. The van der Waals surface area contributed by atoms with E-state index in [9.17, 15) is 0 Å². The highest BCUT2D eigenvalue weighted by Gasteiger charge is 2.18. The number of rotatable bonds is 5. The molecule has 0 amide bonds. The van der Waals surface area contributed by atoms with Crippen LogP contribution in [0.2, 0.25) is 0 Å². The summed E-state index contributed by atoms with van der Waals surface area (Å²) < 4.78 is 1.18. The fourth-order valence-corrected chi connectivity index (χ4v) is 1.42. The maximum atomic E-state index is 5.53. The Kier molecular flexibility index (Phi) is 14.6. The fraction of sp³-hybridized carbons (Fsp3) is 1.00. The minimum absolute atomic E-state index is 0. The van der Waals surface area contributed by atoms with Gasteiger partial charge in [0.1, 0.15) is 0 Å². The Labute approximate surface area is 88.9 Å². The molecule has 2 N–H and O–H groups in total. The zero-order valence-electron chi connectivity index (χ0n) is 8.35. The Morgan fingerprint density at radius 3 is 1.42 bits per heavy atom. The Bertz CT molecular complexity index is 76.9. The number of likely N-dealkylation sites (N-methyl/N-ethyl adjacent to an activating group) is 1. The molecular weight excluding hydrogens is 195 g/mol. The Morgan fingerprint density at radius 1 is 1.00 bits per heavy atom. The van der Waals surface area contributed by atoms with Crippen LogP contribution in [0.3, 0.4) is 0 Å². The lowest BCUT2D eigenvalue weighted by Gasteiger charge is -2.35. The molecule has 0 spiro atoms.